The van der Waals surface area contributed by atoms with Crippen molar-refractivity contribution in [3.63, 3.8) is 0 Å². The van der Waals surface area contributed by atoms with E-state index in [1.165, 1.54) is 23.8 Å². The smallest absolute Gasteiger partial charge is 0.265 e. The quantitative estimate of drug-likeness (QED) is 0.869. The zero-order valence-electron chi connectivity index (χ0n) is 14.2. The van der Waals surface area contributed by atoms with Crippen LogP contribution in [0.3, 0.4) is 0 Å². The second-order valence-electron chi connectivity index (χ2n) is 6.52. The highest BCUT2D eigenvalue weighted by molar-refractivity contribution is 7.14. The fraction of sp³-hybridized carbons (Fsp3) is 0.368. The molecule has 1 unspecified atom stereocenters. The van der Waals surface area contributed by atoms with Gasteiger partial charge < -0.3 is 10.6 Å². The van der Waals surface area contributed by atoms with Gasteiger partial charge in [-0.25, -0.2) is 0 Å². The Kier molecular flexibility index (Phi) is 4.71. The number of anilines is 2. The van der Waals surface area contributed by atoms with Gasteiger partial charge in [-0.05, 0) is 61.4 Å². The van der Waals surface area contributed by atoms with E-state index in [1.54, 1.807) is 11.3 Å². The van der Waals surface area contributed by atoms with Crippen molar-refractivity contribution in [1.29, 1.82) is 0 Å². The topological polar surface area (TPSA) is 58.2 Å². The molecule has 1 heterocycles. The molecule has 1 atom stereocenters. The van der Waals surface area contributed by atoms with E-state index in [-0.39, 0.29) is 11.8 Å². The van der Waals surface area contributed by atoms with Gasteiger partial charge in [-0.15, -0.1) is 11.3 Å². The van der Waals surface area contributed by atoms with E-state index in [4.69, 9.17) is 0 Å². The number of benzene rings is 1. The zero-order chi connectivity index (χ0) is 17.3. The Balaban J connectivity index is 1.79. The molecular formula is C19H22N2O2S. The molecule has 1 aliphatic rings. The van der Waals surface area contributed by atoms with Crippen molar-refractivity contribution in [3.05, 3.63) is 45.1 Å². The molecule has 0 aliphatic heterocycles. The fourth-order valence-electron chi connectivity index (χ4n) is 3.10. The van der Waals surface area contributed by atoms with E-state index >= 15 is 0 Å². The zero-order valence-corrected chi connectivity index (χ0v) is 15.0. The highest BCUT2D eigenvalue weighted by atomic mass is 32.1. The summed E-state index contributed by atoms with van der Waals surface area (Å²) < 4.78 is 0. The molecule has 0 fully saturated rings. The van der Waals surface area contributed by atoms with Crippen molar-refractivity contribution < 1.29 is 9.59 Å². The molecule has 126 valence electrons. The number of thiophene rings is 1. The van der Waals surface area contributed by atoms with Crippen LogP contribution in [0.2, 0.25) is 0 Å². The van der Waals surface area contributed by atoms with Crippen LogP contribution in [0, 0.1) is 12.8 Å². The highest BCUT2D eigenvalue weighted by Crippen LogP contribution is 2.33. The first kappa shape index (κ1) is 16.7. The number of nitrogens with one attached hydrogen (secondary N) is 2. The van der Waals surface area contributed by atoms with E-state index in [0.717, 1.165) is 34.7 Å². The molecule has 0 bridgehead atoms. The Labute approximate surface area is 146 Å². The van der Waals surface area contributed by atoms with E-state index in [0.29, 0.717) is 5.92 Å². The molecule has 0 saturated heterocycles. The van der Waals surface area contributed by atoms with Crippen LogP contribution >= 0.6 is 11.3 Å². The van der Waals surface area contributed by atoms with Crippen LogP contribution in [0.1, 0.15) is 45.9 Å². The van der Waals surface area contributed by atoms with Gasteiger partial charge in [-0.2, -0.15) is 0 Å². The summed E-state index contributed by atoms with van der Waals surface area (Å²) in [6.07, 6.45) is 3.34. The minimum Gasteiger partial charge on any atom is -0.326 e. The van der Waals surface area contributed by atoms with Crippen molar-refractivity contribution in [1.82, 2.24) is 0 Å². The average Bonchev–Trinajstić information content (AvgIpc) is 2.94. The summed E-state index contributed by atoms with van der Waals surface area (Å²) in [5, 5.41) is 5.76. The molecule has 4 nitrogen and oxygen atoms in total. The largest absolute Gasteiger partial charge is 0.326 e. The Morgan fingerprint density at radius 2 is 1.92 bits per heavy atom. The van der Waals surface area contributed by atoms with Crippen LogP contribution in [-0.2, 0) is 17.6 Å². The van der Waals surface area contributed by atoms with Crippen LogP contribution in [-0.4, -0.2) is 11.8 Å². The fourth-order valence-corrected chi connectivity index (χ4v) is 4.20. The second kappa shape index (κ2) is 6.77. The number of aryl methyl sites for hydroxylation is 1. The molecule has 0 saturated carbocycles. The lowest BCUT2D eigenvalue weighted by Gasteiger charge is -2.16. The summed E-state index contributed by atoms with van der Waals surface area (Å²) in [5.41, 5.74) is 3.63. The number of rotatable bonds is 3. The maximum absolute atomic E-state index is 12.6. The number of carbonyl (C=O) groups is 2. The van der Waals surface area contributed by atoms with Gasteiger partial charge >= 0.3 is 0 Å². The van der Waals surface area contributed by atoms with Crippen molar-refractivity contribution in [2.45, 2.75) is 40.0 Å². The van der Waals surface area contributed by atoms with Crippen LogP contribution in [0.25, 0.3) is 0 Å². The van der Waals surface area contributed by atoms with E-state index in [9.17, 15) is 9.59 Å². The average molecular weight is 342 g/mol. The molecule has 0 spiro atoms. The third-order valence-corrected chi connectivity index (χ3v) is 5.68. The molecule has 5 heteroatoms. The summed E-state index contributed by atoms with van der Waals surface area (Å²) in [6.45, 7) is 5.63. The Morgan fingerprint density at radius 1 is 1.21 bits per heavy atom. The maximum atomic E-state index is 12.6. The summed E-state index contributed by atoms with van der Waals surface area (Å²) in [5.74, 6) is 0.492. The number of fused-ring (bicyclic) bond motifs is 1. The first-order valence-electron chi connectivity index (χ1n) is 8.24. The molecule has 2 N–H and O–H groups in total. The summed E-state index contributed by atoms with van der Waals surface area (Å²) >= 11 is 1.60. The lowest BCUT2D eigenvalue weighted by Crippen LogP contribution is -2.13. The molecule has 24 heavy (non-hydrogen) atoms. The second-order valence-corrected chi connectivity index (χ2v) is 7.66. The summed E-state index contributed by atoms with van der Waals surface area (Å²) in [6, 6.07) is 7.55. The van der Waals surface area contributed by atoms with Crippen LogP contribution in [0.15, 0.2) is 24.3 Å². The Morgan fingerprint density at radius 3 is 2.62 bits per heavy atom. The third-order valence-electron chi connectivity index (χ3n) is 4.45. The van der Waals surface area contributed by atoms with Crippen LogP contribution in [0.5, 0.6) is 0 Å². The minimum atomic E-state index is -0.123. The molecule has 3 rings (SSSR count). The number of hydrogen-bond acceptors (Lipinski definition) is 3. The van der Waals surface area contributed by atoms with Crippen molar-refractivity contribution in [2.75, 3.05) is 10.6 Å². The van der Waals surface area contributed by atoms with Crippen molar-refractivity contribution in [3.8, 4) is 0 Å². The van der Waals surface area contributed by atoms with Crippen molar-refractivity contribution in [2.24, 2.45) is 5.92 Å². The van der Waals surface area contributed by atoms with Crippen LogP contribution < -0.4 is 10.6 Å². The van der Waals surface area contributed by atoms with Crippen molar-refractivity contribution >= 4 is 34.5 Å². The van der Waals surface area contributed by atoms with Crippen LogP contribution in [0.4, 0.5) is 11.4 Å². The SMILES string of the molecule is CC(=O)Nc1cccc(NC(=O)c2cc3c(s2)CCC(C)C3)c1C. The lowest BCUT2D eigenvalue weighted by atomic mass is 9.90. The van der Waals surface area contributed by atoms with E-state index < -0.39 is 0 Å². The predicted octanol–water partition coefficient (Wildman–Crippen LogP) is 4.39. The summed E-state index contributed by atoms with van der Waals surface area (Å²) in [4.78, 5) is 26.0. The predicted molar refractivity (Wildman–Crippen MR) is 98.9 cm³/mol. The number of carbonyl (C=O) groups excluding carboxylic acids is 2. The Bertz CT molecular complexity index is 795. The lowest BCUT2D eigenvalue weighted by molar-refractivity contribution is -0.114. The number of amides is 2. The number of hydrogen-bond donors (Lipinski definition) is 2. The van der Waals surface area contributed by atoms with Gasteiger partial charge in [0.05, 0.1) is 4.88 Å². The summed E-state index contributed by atoms with van der Waals surface area (Å²) in [7, 11) is 0. The molecule has 1 aromatic carbocycles. The first-order valence-corrected chi connectivity index (χ1v) is 9.06. The molecule has 1 aromatic heterocycles. The first-order chi connectivity index (χ1) is 11.4. The normalized spacial score (nSPS) is 16.4. The van der Waals surface area contributed by atoms with Gasteiger partial charge in [0.25, 0.3) is 5.91 Å². The van der Waals surface area contributed by atoms with Gasteiger partial charge in [0, 0.05) is 23.2 Å². The van der Waals surface area contributed by atoms with Gasteiger partial charge in [0.2, 0.25) is 5.91 Å². The van der Waals surface area contributed by atoms with E-state index in [2.05, 4.69) is 17.6 Å². The molecular weight excluding hydrogens is 320 g/mol. The third kappa shape index (κ3) is 3.51. The van der Waals surface area contributed by atoms with E-state index in [1.807, 2.05) is 31.2 Å². The van der Waals surface area contributed by atoms with Gasteiger partial charge in [0.15, 0.2) is 0 Å². The molecule has 1 aliphatic carbocycles. The molecule has 0 radical (unpaired) electrons. The standard InChI is InChI=1S/C19H22N2O2S/c1-11-7-8-17-14(9-11)10-18(24-17)19(23)21-16-6-4-5-15(12(16)2)20-13(3)22/h4-6,10-11H,7-9H2,1-3H3,(H,20,22)(H,21,23). The van der Waals surface area contributed by atoms with Gasteiger partial charge in [0.1, 0.15) is 0 Å². The van der Waals surface area contributed by atoms with Gasteiger partial charge in [-0.1, -0.05) is 13.0 Å². The maximum Gasteiger partial charge on any atom is 0.265 e. The van der Waals surface area contributed by atoms with Gasteiger partial charge in [-0.3, -0.25) is 9.59 Å². The monoisotopic (exact) mass is 342 g/mol. The Hall–Kier alpha value is -2.14. The molecule has 2 amide bonds. The minimum absolute atomic E-state index is 0.0786. The molecule has 2 aromatic rings. The highest BCUT2D eigenvalue weighted by Gasteiger charge is 2.21.